The Hall–Kier alpha value is -0.380. The Kier molecular flexibility index (Phi) is 10.9. The van der Waals surface area contributed by atoms with Gasteiger partial charge in [0.15, 0.2) is 5.96 Å². The van der Waals surface area contributed by atoms with Gasteiger partial charge in [-0.25, -0.2) is 0 Å². The van der Waals surface area contributed by atoms with Gasteiger partial charge in [0.2, 0.25) is 0 Å². The molecule has 24 heavy (non-hydrogen) atoms. The second-order valence-corrected chi connectivity index (χ2v) is 7.23. The van der Waals surface area contributed by atoms with Gasteiger partial charge >= 0.3 is 0 Å². The maximum atomic E-state index is 4.31. The Labute approximate surface area is 167 Å². The quantitative estimate of drug-likeness (QED) is 0.293. The van der Waals surface area contributed by atoms with Gasteiger partial charge in [0.1, 0.15) is 0 Å². The summed E-state index contributed by atoms with van der Waals surface area (Å²) in [6.45, 7) is 9.99. The van der Waals surface area contributed by atoms with Crippen molar-refractivity contribution in [2.75, 3.05) is 53.4 Å². The number of hydrogen-bond donors (Lipinski definition) is 2. The molecule has 1 aliphatic heterocycles. The van der Waals surface area contributed by atoms with E-state index < -0.39 is 0 Å². The van der Waals surface area contributed by atoms with E-state index in [0.717, 1.165) is 25.5 Å². The second-order valence-electron chi connectivity index (χ2n) is 6.23. The molecule has 2 N–H and O–H groups in total. The van der Waals surface area contributed by atoms with Crippen LogP contribution in [0.5, 0.6) is 0 Å². The van der Waals surface area contributed by atoms with E-state index in [2.05, 4.69) is 50.8 Å². The topological polar surface area (TPSA) is 42.9 Å². The molecule has 138 valence electrons. The first-order valence-corrected chi connectivity index (χ1v) is 9.45. The van der Waals surface area contributed by atoms with Crippen LogP contribution in [0.25, 0.3) is 0 Å². The maximum absolute atomic E-state index is 4.31. The fourth-order valence-electron chi connectivity index (χ4n) is 2.80. The molecule has 0 saturated carbocycles. The summed E-state index contributed by atoms with van der Waals surface area (Å²) >= 11 is 1.80. The van der Waals surface area contributed by atoms with Crippen molar-refractivity contribution < 1.29 is 0 Å². The van der Waals surface area contributed by atoms with Crippen molar-refractivity contribution in [1.29, 1.82) is 0 Å². The zero-order chi connectivity index (χ0) is 16.5. The van der Waals surface area contributed by atoms with Gasteiger partial charge in [-0.15, -0.1) is 35.3 Å². The van der Waals surface area contributed by atoms with Gasteiger partial charge in [0, 0.05) is 31.6 Å². The molecule has 1 fully saturated rings. The largest absolute Gasteiger partial charge is 0.356 e. The summed E-state index contributed by atoms with van der Waals surface area (Å²) in [6, 6.07) is 2.16. The number of guanidine groups is 1. The molecule has 0 aromatic carbocycles. The summed E-state index contributed by atoms with van der Waals surface area (Å²) in [5.41, 5.74) is 1.35. The van der Waals surface area contributed by atoms with Gasteiger partial charge in [-0.1, -0.05) is 0 Å². The van der Waals surface area contributed by atoms with Gasteiger partial charge in [0.05, 0.1) is 6.54 Å². The van der Waals surface area contributed by atoms with Gasteiger partial charge in [-0.3, -0.25) is 4.99 Å². The number of aryl methyl sites for hydroxylation is 1. The van der Waals surface area contributed by atoms with Gasteiger partial charge in [-0.05, 0) is 63.5 Å². The summed E-state index contributed by atoms with van der Waals surface area (Å²) in [5.74, 6) is 0.897. The SMILES string of the molecule is CN=C(NCCCN1CCCN(C)CC1)NCc1sccc1C.I. The molecule has 5 nitrogen and oxygen atoms in total. The van der Waals surface area contributed by atoms with Gasteiger partial charge < -0.3 is 20.4 Å². The summed E-state index contributed by atoms with van der Waals surface area (Å²) in [6.07, 6.45) is 2.44. The predicted molar refractivity (Wildman–Crippen MR) is 116 cm³/mol. The molecule has 1 aromatic heterocycles. The number of rotatable bonds is 6. The number of likely N-dealkylation sites (N-methyl/N-ethyl adjacent to an activating group) is 1. The van der Waals surface area contributed by atoms with Crippen LogP contribution >= 0.6 is 35.3 Å². The van der Waals surface area contributed by atoms with Crippen LogP contribution in [0.15, 0.2) is 16.4 Å². The number of halogens is 1. The lowest BCUT2D eigenvalue weighted by molar-refractivity contribution is 0.274. The van der Waals surface area contributed by atoms with E-state index in [1.165, 1.54) is 49.6 Å². The number of nitrogens with one attached hydrogen (secondary N) is 2. The van der Waals surface area contributed by atoms with Crippen LogP contribution in [-0.2, 0) is 6.54 Å². The minimum absolute atomic E-state index is 0. The lowest BCUT2D eigenvalue weighted by atomic mass is 10.3. The molecule has 0 aliphatic carbocycles. The normalized spacial score (nSPS) is 17.2. The molecular weight excluding hydrogens is 433 g/mol. The Morgan fingerprint density at radius 3 is 2.79 bits per heavy atom. The molecule has 2 heterocycles. The average molecular weight is 465 g/mol. The smallest absolute Gasteiger partial charge is 0.191 e. The fourth-order valence-corrected chi connectivity index (χ4v) is 3.65. The van der Waals surface area contributed by atoms with E-state index in [9.17, 15) is 0 Å². The van der Waals surface area contributed by atoms with E-state index in [1.807, 2.05) is 7.05 Å². The van der Waals surface area contributed by atoms with E-state index >= 15 is 0 Å². The Bertz CT molecular complexity index is 491. The molecule has 7 heteroatoms. The van der Waals surface area contributed by atoms with Gasteiger partial charge in [0.25, 0.3) is 0 Å². The Morgan fingerprint density at radius 2 is 2.08 bits per heavy atom. The third-order valence-corrected chi connectivity index (χ3v) is 5.39. The highest BCUT2D eigenvalue weighted by Gasteiger charge is 2.11. The Morgan fingerprint density at radius 1 is 1.25 bits per heavy atom. The summed E-state index contributed by atoms with van der Waals surface area (Å²) in [5, 5.41) is 8.96. The number of aliphatic imine (C=N–C) groups is 1. The van der Waals surface area contributed by atoms with Crippen LogP contribution in [-0.4, -0.2) is 69.1 Å². The highest BCUT2D eigenvalue weighted by Crippen LogP contribution is 2.14. The lowest BCUT2D eigenvalue weighted by Gasteiger charge is -2.20. The minimum atomic E-state index is 0. The standard InChI is InChI=1S/C17H31N5S.HI/c1-15-6-13-23-16(15)14-20-17(18-2)19-7-4-9-22-10-5-8-21(3)11-12-22;/h6,13H,4-5,7-12,14H2,1-3H3,(H2,18,19,20);1H. The molecular formula is C17H32IN5S. The zero-order valence-corrected chi connectivity index (χ0v) is 18.3. The van der Waals surface area contributed by atoms with Crippen molar-refractivity contribution in [2.45, 2.75) is 26.3 Å². The molecule has 0 atom stereocenters. The van der Waals surface area contributed by atoms with Crippen molar-refractivity contribution in [3.05, 3.63) is 21.9 Å². The third-order valence-electron chi connectivity index (χ3n) is 4.36. The first-order chi connectivity index (χ1) is 11.2. The molecule has 2 rings (SSSR count). The zero-order valence-electron chi connectivity index (χ0n) is 15.2. The molecule has 0 bridgehead atoms. The van der Waals surface area contributed by atoms with E-state index in [1.54, 1.807) is 11.3 Å². The molecule has 1 aromatic rings. The molecule has 1 aliphatic rings. The van der Waals surface area contributed by atoms with E-state index in [4.69, 9.17) is 0 Å². The van der Waals surface area contributed by atoms with Crippen LogP contribution in [0.3, 0.4) is 0 Å². The first kappa shape index (κ1) is 21.7. The maximum Gasteiger partial charge on any atom is 0.191 e. The van der Waals surface area contributed by atoms with E-state index in [0.29, 0.717) is 0 Å². The summed E-state index contributed by atoms with van der Waals surface area (Å²) in [7, 11) is 4.05. The second kappa shape index (κ2) is 12.1. The van der Waals surface area contributed by atoms with Crippen molar-refractivity contribution in [3.63, 3.8) is 0 Å². The molecule has 0 spiro atoms. The summed E-state index contributed by atoms with van der Waals surface area (Å²) in [4.78, 5) is 10.7. The van der Waals surface area contributed by atoms with Crippen LogP contribution in [0.4, 0.5) is 0 Å². The third kappa shape index (κ3) is 7.67. The number of hydrogen-bond acceptors (Lipinski definition) is 4. The molecule has 0 amide bonds. The summed E-state index contributed by atoms with van der Waals surface area (Å²) < 4.78 is 0. The van der Waals surface area contributed by atoms with Crippen LogP contribution in [0.1, 0.15) is 23.3 Å². The van der Waals surface area contributed by atoms with E-state index in [-0.39, 0.29) is 24.0 Å². The fraction of sp³-hybridized carbons (Fsp3) is 0.706. The molecule has 0 radical (unpaired) electrons. The first-order valence-electron chi connectivity index (χ1n) is 8.57. The number of nitrogens with zero attached hydrogens (tertiary/aromatic N) is 3. The van der Waals surface area contributed by atoms with Gasteiger partial charge in [-0.2, -0.15) is 0 Å². The minimum Gasteiger partial charge on any atom is -0.356 e. The van der Waals surface area contributed by atoms with Crippen molar-refractivity contribution >= 4 is 41.3 Å². The molecule has 1 saturated heterocycles. The monoisotopic (exact) mass is 465 g/mol. The molecule has 0 unspecified atom stereocenters. The number of thiophene rings is 1. The van der Waals surface area contributed by atoms with Crippen LogP contribution < -0.4 is 10.6 Å². The van der Waals surface area contributed by atoms with Crippen LogP contribution in [0, 0.1) is 6.92 Å². The highest BCUT2D eigenvalue weighted by atomic mass is 127. The predicted octanol–water partition coefficient (Wildman–Crippen LogP) is 2.37. The van der Waals surface area contributed by atoms with Crippen molar-refractivity contribution in [3.8, 4) is 0 Å². The van der Waals surface area contributed by atoms with Crippen LogP contribution in [0.2, 0.25) is 0 Å². The van der Waals surface area contributed by atoms with Crippen molar-refractivity contribution in [2.24, 2.45) is 4.99 Å². The lowest BCUT2D eigenvalue weighted by Crippen LogP contribution is -2.38. The van der Waals surface area contributed by atoms with Crippen molar-refractivity contribution in [1.82, 2.24) is 20.4 Å². The highest BCUT2D eigenvalue weighted by molar-refractivity contribution is 14.0. The average Bonchev–Trinajstić information content (AvgIpc) is 2.84. The Balaban J connectivity index is 0.00000288.